The number of thiophene rings is 1. The number of carbonyl (C=O) groups excluding carboxylic acids is 2. The Labute approximate surface area is 136 Å². The largest absolute Gasteiger partial charge is 0.465 e. The van der Waals surface area contributed by atoms with Crippen molar-refractivity contribution in [3.63, 3.8) is 0 Å². The Morgan fingerprint density at radius 1 is 1.22 bits per heavy atom. The summed E-state index contributed by atoms with van der Waals surface area (Å²) in [6.07, 6.45) is 0. The quantitative estimate of drug-likeness (QED) is 0.746. The minimum atomic E-state index is -0.428. The van der Waals surface area contributed by atoms with Gasteiger partial charge in [0, 0.05) is 11.1 Å². The molecule has 0 spiro atoms. The van der Waals surface area contributed by atoms with Crippen molar-refractivity contribution in [3.05, 3.63) is 57.9 Å². The van der Waals surface area contributed by atoms with Gasteiger partial charge in [0.1, 0.15) is 0 Å². The van der Waals surface area contributed by atoms with Crippen LogP contribution in [0.1, 0.15) is 25.7 Å². The molecule has 0 aliphatic rings. The molecule has 0 atom stereocenters. The van der Waals surface area contributed by atoms with Crippen LogP contribution < -0.4 is 5.32 Å². The molecular formula is C17H14N2O3S. The van der Waals surface area contributed by atoms with Crippen LogP contribution in [0.4, 0.5) is 5.69 Å². The van der Waals surface area contributed by atoms with Crippen LogP contribution in [0.15, 0.2) is 41.8 Å². The van der Waals surface area contributed by atoms with E-state index in [0.29, 0.717) is 27.0 Å². The van der Waals surface area contributed by atoms with E-state index in [1.807, 2.05) is 18.4 Å². The smallest absolute Gasteiger partial charge is 0.337 e. The minimum Gasteiger partial charge on any atom is -0.465 e. The molecule has 23 heavy (non-hydrogen) atoms. The van der Waals surface area contributed by atoms with Crippen molar-refractivity contribution < 1.29 is 14.3 Å². The molecule has 0 aliphatic carbocycles. The summed E-state index contributed by atoms with van der Waals surface area (Å²) in [5.41, 5.74) is 2.53. The third-order valence-electron chi connectivity index (χ3n) is 3.35. The third-order valence-corrected chi connectivity index (χ3v) is 4.22. The molecule has 0 fully saturated rings. The summed E-state index contributed by atoms with van der Waals surface area (Å²) in [4.78, 5) is 29.1. The molecule has 0 aliphatic heterocycles. The number of nitrogens with one attached hydrogen (secondary N) is 1. The van der Waals surface area contributed by atoms with Crippen molar-refractivity contribution in [2.24, 2.45) is 0 Å². The fourth-order valence-corrected chi connectivity index (χ4v) is 2.92. The van der Waals surface area contributed by atoms with E-state index in [2.05, 4.69) is 10.3 Å². The average Bonchev–Trinajstić information content (AvgIpc) is 3.08. The molecule has 3 rings (SSSR count). The van der Waals surface area contributed by atoms with Crippen molar-refractivity contribution >= 4 is 39.8 Å². The number of aromatic nitrogens is 1. The number of rotatable bonds is 3. The Bertz CT molecular complexity index is 888. The standard InChI is InChI=1S/C17H14N2O3S/c1-10-8-14(19-16(20)15-4-3-7-23-15)12-9-11(17(21)22-2)5-6-13(12)18-10/h3-9H,1-2H3,(H,18,19,20). The van der Waals surface area contributed by atoms with Crippen LogP contribution in [-0.2, 0) is 4.74 Å². The first-order valence-electron chi connectivity index (χ1n) is 6.93. The van der Waals surface area contributed by atoms with Gasteiger partial charge in [-0.15, -0.1) is 11.3 Å². The number of fused-ring (bicyclic) bond motifs is 1. The number of aryl methyl sites for hydroxylation is 1. The van der Waals surface area contributed by atoms with Crippen LogP contribution in [0.25, 0.3) is 10.9 Å². The van der Waals surface area contributed by atoms with Crippen LogP contribution in [0.5, 0.6) is 0 Å². The first-order valence-corrected chi connectivity index (χ1v) is 7.81. The van der Waals surface area contributed by atoms with E-state index < -0.39 is 5.97 Å². The van der Waals surface area contributed by atoms with E-state index in [9.17, 15) is 9.59 Å². The molecule has 6 heteroatoms. The number of pyridine rings is 1. The molecule has 1 N–H and O–H groups in total. The Morgan fingerprint density at radius 2 is 2.04 bits per heavy atom. The Balaban J connectivity index is 2.07. The minimum absolute atomic E-state index is 0.185. The summed E-state index contributed by atoms with van der Waals surface area (Å²) >= 11 is 1.37. The zero-order chi connectivity index (χ0) is 16.4. The number of anilines is 1. The van der Waals surface area contributed by atoms with E-state index in [1.165, 1.54) is 18.4 Å². The highest BCUT2D eigenvalue weighted by Gasteiger charge is 2.13. The van der Waals surface area contributed by atoms with Gasteiger partial charge < -0.3 is 10.1 Å². The fraction of sp³-hybridized carbons (Fsp3) is 0.118. The highest BCUT2D eigenvalue weighted by Crippen LogP contribution is 2.26. The summed E-state index contributed by atoms with van der Waals surface area (Å²) in [5, 5.41) is 5.44. The fourth-order valence-electron chi connectivity index (χ4n) is 2.30. The third kappa shape index (κ3) is 3.07. The van der Waals surface area contributed by atoms with Crippen molar-refractivity contribution in [3.8, 4) is 0 Å². The van der Waals surface area contributed by atoms with Crippen LogP contribution >= 0.6 is 11.3 Å². The molecule has 0 saturated heterocycles. The van der Waals surface area contributed by atoms with Crippen molar-refractivity contribution in [2.75, 3.05) is 12.4 Å². The highest BCUT2D eigenvalue weighted by atomic mass is 32.1. The van der Waals surface area contributed by atoms with Gasteiger partial charge >= 0.3 is 5.97 Å². The number of ether oxygens (including phenoxy) is 1. The molecule has 0 bridgehead atoms. The molecule has 0 saturated carbocycles. The molecule has 1 amide bonds. The van der Waals surface area contributed by atoms with Gasteiger partial charge in [-0.2, -0.15) is 0 Å². The monoisotopic (exact) mass is 326 g/mol. The zero-order valence-electron chi connectivity index (χ0n) is 12.6. The highest BCUT2D eigenvalue weighted by molar-refractivity contribution is 7.12. The van der Waals surface area contributed by atoms with E-state index >= 15 is 0 Å². The van der Waals surface area contributed by atoms with Crippen LogP contribution in [0, 0.1) is 6.92 Å². The SMILES string of the molecule is COC(=O)c1ccc2nc(C)cc(NC(=O)c3cccs3)c2c1. The number of hydrogen-bond acceptors (Lipinski definition) is 5. The maximum atomic E-state index is 12.3. The number of hydrogen-bond donors (Lipinski definition) is 1. The molecule has 2 aromatic heterocycles. The first-order chi connectivity index (χ1) is 11.1. The van der Waals surface area contributed by atoms with Gasteiger partial charge in [0.25, 0.3) is 5.91 Å². The van der Waals surface area contributed by atoms with E-state index in [-0.39, 0.29) is 5.91 Å². The maximum Gasteiger partial charge on any atom is 0.337 e. The molecule has 2 heterocycles. The van der Waals surface area contributed by atoms with Crippen LogP contribution in [0.2, 0.25) is 0 Å². The van der Waals surface area contributed by atoms with Crippen LogP contribution in [0.3, 0.4) is 0 Å². The van der Waals surface area contributed by atoms with Crippen molar-refractivity contribution in [1.82, 2.24) is 4.98 Å². The summed E-state index contributed by atoms with van der Waals surface area (Å²) < 4.78 is 4.74. The summed E-state index contributed by atoms with van der Waals surface area (Å²) in [5.74, 6) is -0.613. The Morgan fingerprint density at radius 3 is 2.74 bits per heavy atom. The number of methoxy groups -OCH3 is 1. The lowest BCUT2D eigenvalue weighted by molar-refractivity contribution is 0.0601. The Hall–Kier alpha value is -2.73. The molecule has 0 unspecified atom stereocenters. The number of carbonyl (C=O) groups is 2. The van der Waals surface area contributed by atoms with Gasteiger partial charge in [-0.3, -0.25) is 9.78 Å². The van der Waals surface area contributed by atoms with Gasteiger partial charge in [-0.25, -0.2) is 4.79 Å². The molecule has 1 aromatic carbocycles. The van der Waals surface area contributed by atoms with E-state index in [1.54, 1.807) is 30.3 Å². The predicted molar refractivity (Wildman–Crippen MR) is 90.1 cm³/mol. The summed E-state index contributed by atoms with van der Waals surface area (Å²) in [6, 6.07) is 10.5. The molecule has 3 aromatic rings. The predicted octanol–water partition coefficient (Wildman–Crippen LogP) is 3.64. The topological polar surface area (TPSA) is 68.3 Å². The lowest BCUT2D eigenvalue weighted by Crippen LogP contribution is -2.11. The van der Waals surface area contributed by atoms with Crippen LogP contribution in [-0.4, -0.2) is 24.0 Å². The second kappa shape index (κ2) is 6.18. The maximum absolute atomic E-state index is 12.3. The van der Waals surface area contributed by atoms with Gasteiger partial charge in [0.05, 0.1) is 28.8 Å². The number of esters is 1. The number of nitrogens with zero attached hydrogens (tertiary/aromatic N) is 1. The van der Waals surface area contributed by atoms with Gasteiger partial charge in [-0.1, -0.05) is 6.07 Å². The molecule has 0 radical (unpaired) electrons. The first kappa shape index (κ1) is 15.2. The summed E-state index contributed by atoms with van der Waals surface area (Å²) in [6.45, 7) is 1.86. The Kier molecular flexibility index (Phi) is 4.08. The second-order valence-electron chi connectivity index (χ2n) is 4.97. The normalized spacial score (nSPS) is 10.5. The van der Waals surface area contributed by atoms with Gasteiger partial charge in [0.15, 0.2) is 0 Å². The van der Waals surface area contributed by atoms with Gasteiger partial charge in [0.2, 0.25) is 0 Å². The van der Waals surface area contributed by atoms with Crippen molar-refractivity contribution in [2.45, 2.75) is 6.92 Å². The average molecular weight is 326 g/mol. The summed E-state index contributed by atoms with van der Waals surface area (Å²) in [7, 11) is 1.33. The van der Waals surface area contributed by atoms with Crippen molar-refractivity contribution in [1.29, 1.82) is 0 Å². The van der Waals surface area contributed by atoms with E-state index in [0.717, 1.165) is 5.69 Å². The van der Waals surface area contributed by atoms with E-state index in [4.69, 9.17) is 4.74 Å². The number of amides is 1. The number of benzene rings is 1. The molecular weight excluding hydrogens is 312 g/mol. The lowest BCUT2D eigenvalue weighted by atomic mass is 10.1. The molecule has 5 nitrogen and oxygen atoms in total. The molecule has 116 valence electrons. The second-order valence-corrected chi connectivity index (χ2v) is 5.91. The lowest BCUT2D eigenvalue weighted by Gasteiger charge is -2.10. The zero-order valence-corrected chi connectivity index (χ0v) is 13.4. The van der Waals surface area contributed by atoms with Gasteiger partial charge in [-0.05, 0) is 42.6 Å².